The Morgan fingerprint density at radius 3 is 2.47 bits per heavy atom. The molecule has 3 atom stereocenters. The van der Waals surface area contributed by atoms with E-state index in [1.54, 1.807) is 53.1 Å². The molecule has 2 fully saturated rings. The summed E-state index contributed by atoms with van der Waals surface area (Å²) < 4.78 is 35.0. The summed E-state index contributed by atoms with van der Waals surface area (Å²) in [5, 5.41) is 3.51. The Morgan fingerprint density at radius 1 is 1.06 bits per heavy atom. The van der Waals surface area contributed by atoms with Crippen LogP contribution >= 0.6 is 11.6 Å². The minimum absolute atomic E-state index is 0.0612. The van der Waals surface area contributed by atoms with Crippen molar-refractivity contribution in [3.63, 3.8) is 0 Å². The number of amides is 3. The highest BCUT2D eigenvalue weighted by Gasteiger charge is 2.48. The molecule has 0 saturated carbocycles. The second-order valence-electron chi connectivity index (χ2n) is 12.4. The van der Waals surface area contributed by atoms with Gasteiger partial charge in [-0.1, -0.05) is 54.9 Å². The number of benzene rings is 2. The van der Waals surface area contributed by atoms with Crippen molar-refractivity contribution in [2.45, 2.75) is 83.3 Å². The molecule has 3 unspecified atom stereocenters. The molecule has 4 rings (SSSR count). The molecule has 0 aliphatic carbocycles. The van der Waals surface area contributed by atoms with Gasteiger partial charge in [-0.05, 0) is 67.9 Å². The lowest BCUT2D eigenvalue weighted by Crippen LogP contribution is -2.60. The summed E-state index contributed by atoms with van der Waals surface area (Å²) in [6.45, 7) is 6.21. The maximum Gasteiger partial charge on any atom is 0.243 e. The number of nitrogens with two attached hydrogens (primary N) is 1. The van der Waals surface area contributed by atoms with Gasteiger partial charge in [-0.25, -0.2) is 13.1 Å². The third-order valence-electron chi connectivity index (χ3n) is 9.50. The average molecular weight is 690 g/mol. The number of likely N-dealkylation sites (tertiary alicyclic amines) is 1. The predicted molar refractivity (Wildman–Crippen MR) is 182 cm³/mol. The van der Waals surface area contributed by atoms with Gasteiger partial charge in [0.1, 0.15) is 6.04 Å². The minimum Gasteiger partial charge on any atom is -0.378 e. The Labute approximate surface area is 283 Å². The minimum atomic E-state index is -3.86. The first-order valence-corrected chi connectivity index (χ1v) is 18.5. The molecular formula is C34H48ClN5O6S. The fourth-order valence-corrected chi connectivity index (χ4v) is 8.33. The Balaban J connectivity index is 1.59. The monoisotopic (exact) mass is 689 g/mol. The number of rotatable bonds is 14. The van der Waals surface area contributed by atoms with Gasteiger partial charge in [0.05, 0.1) is 24.4 Å². The first-order chi connectivity index (χ1) is 22.5. The van der Waals surface area contributed by atoms with Crippen LogP contribution < -0.4 is 15.8 Å². The van der Waals surface area contributed by atoms with Crippen LogP contribution in [0.15, 0.2) is 48.5 Å². The molecule has 0 spiro atoms. The Hall–Kier alpha value is -3.03. The van der Waals surface area contributed by atoms with Crippen LogP contribution in [0.5, 0.6) is 0 Å². The van der Waals surface area contributed by atoms with Crippen molar-refractivity contribution in [3.8, 4) is 0 Å². The molecule has 0 radical (unpaired) electrons. The maximum absolute atomic E-state index is 14.8. The molecule has 47 heavy (non-hydrogen) atoms. The van der Waals surface area contributed by atoms with Crippen molar-refractivity contribution >= 4 is 39.3 Å². The van der Waals surface area contributed by atoms with Crippen LogP contribution in [0.2, 0.25) is 5.02 Å². The number of piperidine rings is 1. The molecule has 13 heteroatoms. The molecule has 2 heterocycles. The lowest BCUT2D eigenvalue weighted by Gasteiger charge is -2.45. The second-order valence-corrected chi connectivity index (χ2v) is 14.6. The van der Waals surface area contributed by atoms with Gasteiger partial charge in [0.2, 0.25) is 27.7 Å². The van der Waals surface area contributed by atoms with Crippen molar-refractivity contribution in [2.24, 2.45) is 11.1 Å². The molecule has 0 bridgehead atoms. The summed E-state index contributed by atoms with van der Waals surface area (Å²) in [4.78, 5) is 45.1. The van der Waals surface area contributed by atoms with E-state index in [1.807, 2.05) is 19.1 Å². The van der Waals surface area contributed by atoms with Crippen LogP contribution in [0.25, 0.3) is 0 Å². The van der Waals surface area contributed by atoms with Crippen LogP contribution in [-0.2, 0) is 48.0 Å². The Kier molecular flexibility index (Phi) is 13.2. The number of carbonyl (C=O) groups is 3. The molecule has 4 N–H and O–H groups in total. The number of carbonyl (C=O) groups excluding carboxylic acids is 3. The van der Waals surface area contributed by atoms with Gasteiger partial charge in [-0.15, -0.1) is 0 Å². The highest BCUT2D eigenvalue weighted by Crippen LogP contribution is 2.38. The lowest BCUT2D eigenvalue weighted by molar-refractivity contribution is -0.153. The van der Waals surface area contributed by atoms with E-state index < -0.39 is 27.5 Å². The second kappa shape index (κ2) is 16.9. The number of ether oxygens (including phenoxy) is 1. The number of hydrogen-bond donors (Lipinski definition) is 3. The van der Waals surface area contributed by atoms with Crippen molar-refractivity contribution in [3.05, 3.63) is 70.2 Å². The van der Waals surface area contributed by atoms with Crippen LogP contribution in [0, 0.1) is 5.41 Å². The number of nitrogens with one attached hydrogen (secondary N) is 2. The third kappa shape index (κ3) is 9.54. The Morgan fingerprint density at radius 2 is 1.79 bits per heavy atom. The molecule has 258 valence electrons. The summed E-state index contributed by atoms with van der Waals surface area (Å²) in [5.74, 6) is -0.979. The normalized spacial score (nSPS) is 19.1. The number of morpholine rings is 1. The van der Waals surface area contributed by atoms with E-state index in [0.717, 1.165) is 17.5 Å². The number of hydrogen-bond acceptors (Lipinski definition) is 7. The number of nitrogens with zero attached hydrogens (tertiary/aromatic N) is 2. The fourth-order valence-electron chi connectivity index (χ4n) is 6.65. The topological polar surface area (TPSA) is 151 Å². The molecule has 3 amide bonds. The smallest absolute Gasteiger partial charge is 0.243 e. The van der Waals surface area contributed by atoms with E-state index in [9.17, 15) is 22.8 Å². The zero-order valence-electron chi connectivity index (χ0n) is 27.4. The number of sulfonamides is 1. The van der Waals surface area contributed by atoms with E-state index in [0.29, 0.717) is 56.3 Å². The van der Waals surface area contributed by atoms with E-state index in [2.05, 4.69) is 10.0 Å². The van der Waals surface area contributed by atoms with Gasteiger partial charge in [0.25, 0.3) is 0 Å². The third-order valence-corrected chi connectivity index (χ3v) is 11.2. The molecule has 11 nitrogen and oxygen atoms in total. The zero-order chi connectivity index (χ0) is 34.0. The Bertz CT molecular complexity index is 1490. The van der Waals surface area contributed by atoms with Crippen LogP contribution in [-0.4, -0.2) is 80.9 Å². The van der Waals surface area contributed by atoms with Gasteiger partial charge < -0.3 is 25.6 Å². The van der Waals surface area contributed by atoms with E-state index in [1.165, 1.54) is 0 Å². The van der Waals surface area contributed by atoms with Crippen molar-refractivity contribution in [2.75, 3.05) is 32.8 Å². The summed E-state index contributed by atoms with van der Waals surface area (Å²) in [6.07, 6.45) is 2.40. The molecule has 2 aromatic carbocycles. The highest BCUT2D eigenvalue weighted by molar-refractivity contribution is 7.88. The summed E-state index contributed by atoms with van der Waals surface area (Å²) in [7, 11) is -3.86. The van der Waals surface area contributed by atoms with Gasteiger partial charge in [-0.3, -0.25) is 14.4 Å². The van der Waals surface area contributed by atoms with Crippen molar-refractivity contribution in [1.29, 1.82) is 0 Å². The molecule has 2 saturated heterocycles. The van der Waals surface area contributed by atoms with Crippen LogP contribution in [0.3, 0.4) is 0 Å². The maximum atomic E-state index is 14.8. The fraction of sp³-hybridized carbons (Fsp3) is 0.559. The van der Waals surface area contributed by atoms with Crippen molar-refractivity contribution in [1.82, 2.24) is 19.8 Å². The standard InChI is InChI=1S/C34H48ClN5O6S/c1-3-34(15-14-31(41)39-17-19-46-20-18-39,25(2)38-47(44,45)24-26-9-5-4-6-10-26)33(43)40-16-8-7-11-30(40)32(42)37-23-28-21-29(35)13-12-27(28)22-36/h4-6,9-10,12-13,21,25,30,38H,3,7-8,11,14-20,22-24,36H2,1-2H3,(H,37,42). The quantitative estimate of drug-likeness (QED) is 0.275. The molecule has 0 aromatic heterocycles. The van der Waals surface area contributed by atoms with Gasteiger partial charge in [-0.2, -0.15) is 0 Å². The summed E-state index contributed by atoms with van der Waals surface area (Å²) in [6, 6.07) is 12.6. The van der Waals surface area contributed by atoms with Gasteiger partial charge >= 0.3 is 0 Å². The van der Waals surface area contributed by atoms with E-state index >= 15 is 0 Å². The summed E-state index contributed by atoms with van der Waals surface area (Å²) >= 11 is 6.20. The van der Waals surface area contributed by atoms with Crippen LogP contribution in [0.4, 0.5) is 0 Å². The average Bonchev–Trinajstić information content (AvgIpc) is 3.07. The molecule has 2 aromatic rings. The molecule has 2 aliphatic rings. The first kappa shape index (κ1) is 36.8. The largest absolute Gasteiger partial charge is 0.378 e. The predicted octanol–water partition coefficient (Wildman–Crippen LogP) is 3.34. The van der Waals surface area contributed by atoms with E-state index in [4.69, 9.17) is 22.1 Å². The number of halogens is 1. The zero-order valence-corrected chi connectivity index (χ0v) is 29.0. The lowest BCUT2D eigenvalue weighted by atomic mass is 9.73. The van der Waals surface area contributed by atoms with Crippen LogP contribution in [0.1, 0.15) is 69.1 Å². The van der Waals surface area contributed by atoms with Crippen molar-refractivity contribution < 1.29 is 27.5 Å². The molecule has 2 aliphatic heterocycles. The highest BCUT2D eigenvalue weighted by atomic mass is 35.5. The van der Waals surface area contributed by atoms with Gasteiger partial charge in [0.15, 0.2) is 0 Å². The SMILES string of the molecule is CCC(CCC(=O)N1CCOCC1)(C(=O)N1CCCCC1C(=O)NCc1cc(Cl)ccc1CN)C(C)NS(=O)(=O)Cc1ccccc1. The first-order valence-electron chi connectivity index (χ1n) is 16.4. The van der Waals surface area contributed by atoms with Gasteiger partial charge in [0, 0.05) is 50.2 Å². The molecular weight excluding hydrogens is 642 g/mol. The van der Waals surface area contributed by atoms with E-state index in [-0.39, 0.29) is 55.8 Å². The summed E-state index contributed by atoms with van der Waals surface area (Å²) in [5.41, 5.74) is 6.90.